The van der Waals surface area contributed by atoms with Crippen molar-refractivity contribution < 1.29 is 4.39 Å². The van der Waals surface area contributed by atoms with Crippen molar-refractivity contribution >= 4 is 10.9 Å². The molecule has 92 valence electrons. The smallest absolute Gasteiger partial charge is 0.125 e. The van der Waals surface area contributed by atoms with E-state index in [0.29, 0.717) is 18.3 Å². The van der Waals surface area contributed by atoms with Crippen LogP contribution in [-0.4, -0.2) is 10.6 Å². The molecule has 0 bridgehead atoms. The molecule has 1 aromatic carbocycles. The number of hydrogen-bond donors (Lipinski definition) is 1. The lowest BCUT2D eigenvalue weighted by molar-refractivity contribution is 0.629. The predicted octanol–water partition coefficient (Wildman–Crippen LogP) is 2.44. The summed E-state index contributed by atoms with van der Waals surface area (Å²) in [5.41, 5.74) is 2.37. The summed E-state index contributed by atoms with van der Waals surface area (Å²) in [6.45, 7) is 0.677. The van der Waals surface area contributed by atoms with Gasteiger partial charge >= 0.3 is 0 Å². The summed E-state index contributed by atoms with van der Waals surface area (Å²) in [5, 5.41) is 13.6. The van der Waals surface area contributed by atoms with Crippen LogP contribution in [0, 0.1) is 17.1 Å². The molecule has 0 aliphatic heterocycles. The predicted molar refractivity (Wildman–Crippen MR) is 67.5 cm³/mol. The second-order valence-corrected chi connectivity index (χ2v) is 4.81. The van der Waals surface area contributed by atoms with Crippen LogP contribution in [0.2, 0.25) is 0 Å². The summed E-state index contributed by atoms with van der Waals surface area (Å²) in [4.78, 5) is 0. The van der Waals surface area contributed by atoms with E-state index in [1.165, 1.54) is 25.0 Å². The zero-order valence-corrected chi connectivity index (χ0v) is 10.2. The molecule has 0 atom stereocenters. The van der Waals surface area contributed by atoms with Crippen LogP contribution in [0.15, 0.2) is 18.2 Å². The molecule has 18 heavy (non-hydrogen) atoms. The van der Waals surface area contributed by atoms with Crippen LogP contribution in [0.5, 0.6) is 0 Å². The summed E-state index contributed by atoms with van der Waals surface area (Å²) in [5.74, 6) is -0.269. The molecule has 1 aromatic heterocycles. The SMILES string of the molecule is Cn1c(C#N)c(CNC2CC2)c2ccc(F)cc21. The van der Waals surface area contributed by atoms with Gasteiger partial charge in [-0.15, -0.1) is 0 Å². The molecule has 1 saturated carbocycles. The maximum atomic E-state index is 13.3. The molecule has 1 fully saturated rings. The van der Waals surface area contributed by atoms with E-state index in [2.05, 4.69) is 11.4 Å². The zero-order chi connectivity index (χ0) is 12.7. The van der Waals surface area contributed by atoms with Gasteiger partial charge in [0.25, 0.3) is 0 Å². The Morgan fingerprint density at radius 2 is 2.28 bits per heavy atom. The van der Waals surface area contributed by atoms with Gasteiger partial charge < -0.3 is 9.88 Å². The Labute approximate surface area is 105 Å². The quantitative estimate of drug-likeness (QED) is 0.899. The van der Waals surface area contributed by atoms with Gasteiger partial charge in [-0.3, -0.25) is 0 Å². The van der Waals surface area contributed by atoms with Crippen LogP contribution in [0.25, 0.3) is 10.9 Å². The lowest BCUT2D eigenvalue weighted by Gasteiger charge is -2.02. The Bertz CT molecular complexity index is 647. The molecular formula is C14H14FN3. The van der Waals surface area contributed by atoms with E-state index in [4.69, 9.17) is 0 Å². The van der Waals surface area contributed by atoms with E-state index >= 15 is 0 Å². The van der Waals surface area contributed by atoms with E-state index in [-0.39, 0.29) is 5.82 Å². The molecule has 3 rings (SSSR count). The Morgan fingerprint density at radius 1 is 1.50 bits per heavy atom. The van der Waals surface area contributed by atoms with Crippen molar-refractivity contribution in [2.45, 2.75) is 25.4 Å². The Kier molecular flexibility index (Phi) is 2.57. The minimum absolute atomic E-state index is 0.269. The first-order valence-corrected chi connectivity index (χ1v) is 6.11. The summed E-state index contributed by atoms with van der Waals surface area (Å²) in [6.07, 6.45) is 2.42. The average molecular weight is 243 g/mol. The van der Waals surface area contributed by atoms with Gasteiger partial charge in [-0.25, -0.2) is 4.39 Å². The van der Waals surface area contributed by atoms with Crippen molar-refractivity contribution in [2.75, 3.05) is 0 Å². The number of nitrogens with zero attached hydrogens (tertiary/aromatic N) is 2. The van der Waals surface area contributed by atoms with E-state index in [1.54, 1.807) is 17.7 Å². The molecule has 4 heteroatoms. The van der Waals surface area contributed by atoms with Gasteiger partial charge in [-0.1, -0.05) is 0 Å². The van der Waals surface area contributed by atoms with Crippen LogP contribution in [0.1, 0.15) is 24.1 Å². The number of rotatable bonds is 3. The fourth-order valence-corrected chi connectivity index (χ4v) is 2.34. The van der Waals surface area contributed by atoms with Crippen LogP contribution in [-0.2, 0) is 13.6 Å². The van der Waals surface area contributed by atoms with Crippen LogP contribution in [0.3, 0.4) is 0 Å². The van der Waals surface area contributed by atoms with Gasteiger partial charge in [-0.2, -0.15) is 5.26 Å². The fraction of sp³-hybridized carbons (Fsp3) is 0.357. The summed E-state index contributed by atoms with van der Waals surface area (Å²) in [7, 11) is 1.81. The largest absolute Gasteiger partial charge is 0.335 e. The van der Waals surface area contributed by atoms with Crippen molar-refractivity contribution in [3.05, 3.63) is 35.3 Å². The van der Waals surface area contributed by atoms with E-state index < -0.39 is 0 Å². The zero-order valence-electron chi connectivity index (χ0n) is 10.2. The average Bonchev–Trinajstić information content (AvgIpc) is 3.14. The van der Waals surface area contributed by atoms with E-state index in [1.807, 2.05) is 0 Å². The highest BCUT2D eigenvalue weighted by atomic mass is 19.1. The first-order chi connectivity index (χ1) is 8.70. The fourth-order valence-electron chi connectivity index (χ4n) is 2.34. The topological polar surface area (TPSA) is 40.8 Å². The lowest BCUT2D eigenvalue weighted by Crippen LogP contribution is -2.16. The van der Waals surface area contributed by atoms with Gasteiger partial charge in [0, 0.05) is 30.6 Å². The first-order valence-electron chi connectivity index (χ1n) is 6.11. The maximum absolute atomic E-state index is 13.3. The van der Waals surface area contributed by atoms with Gasteiger partial charge in [-0.05, 0) is 31.0 Å². The first kappa shape index (κ1) is 11.2. The van der Waals surface area contributed by atoms with Gasteiger partial charge in [0.05, 0.1) is 5.52 Å². The molecule has 2 aromatic rings. The van der Waals surface area contributed by atoms with Crippen molar-refractivity contribution in [1.82, 2.24) is 9.88 Å². The number of benzene rings is 1. The summed E-state index contributed by atoms with van der Waals surface area (Å²) in [6, 6.07) is 7.50. The highest BCUT2D eigenvalue weighted by Crippen LogP contribution is 2.27. The lowest BCUT2D eigenvalue weighted by atomic mass is 10.1. The third kappa shape index (κ3) is 1.77. The van der Waals surface area contributed by atoms with Gasteiger partial charge in [0.2, 0.25) is 0 Å². The monoisotopic (exact) mass is 243 g/mol. The standard InChI is InChI=1S/C14H14FN3/c1-18-13-6-9(15)2-5-11(13)12(14(18)7-16)8-17-10-3-4-10/h2,5-6,10,17H,3-4,8H2,1H3. The van der Waals surface area contributed by atoms with Crippen molar-refractivity contribution in [3.63, 3.8) is 0 Å². The normalized spacial score (nSPS) is 14.9. The molecule has 0 radical (unpaired) electrons. The number of nitriles is 1. The van der Waals surface area contributed by atoms with Crippen molar-refractivity contribution in [1.29, 1.82) is 5.26 Å². The number of aryl methyl sites for hydroxylation is 1. The molecule has 3 nitrogen and oxygen atoms in total. The highest BCUT2D eigenvalue weighted by molar-refractivity contribution is 5.86. The van der Waals surface area contributed by atoms with E-state index in [9.17, 15) is 9.65 Å². The molecule has 1 N–H and O–H groups in total. The number of nitrogens with one attached hydrogen (secondary N) is 1. The molecule has 1 aliphatic carbocycles. The van der Waals surface area contributed by atoms with Gasteiger partial charge in [0.1, 0.15) is 17.6 Å². The minimum atomic E-state index is -0.269. The second kappa shape index (κ2) is 4.11. The maximum Gasteiger partial charge on any atom is 0.125 e. The third-order valence-electron chi connectivity index (χ3n) is 3.52. The van der Waals surface area contributed by atoms with E-state index in [0.717, 1.165) is 16.5 Å². The second-order valence-electron chi connectivity index (χ2n) is 4.81. The number of aromatic nitrogens is 1. The molecule has 0 spiro atoms. The molecule has 1 aliphatic rings. The molecular weight excluding hydrogens is 229 g/mol. The summed E-state index contributed by atoms with van der Waals surface area (Å²) < 4.78 is 15.0. The van der Waals surface area contributed by atoms with Crippen LogP contribution >= 0.6 is 0 Å². The highest BCUT2D eigenvalue weighted by Gasteiger charge is 2.22. The summed E-state index contributed by atoms with van der Waals surface area (Å²) >= 11 is 0. The Hall–Kier alpha value is -1.86. The van der Waals surface area contributed by atoms with Crippen molar-refractivity contribution in [3.8, 4) is 6.07 Å². The number of hydrogen-bond acceptors (Lipinski definition) is 2. The molecule has 0 saturated heterocycles. The third-order valence-corrected chi connectivity index (χ3v) is 3.52. The Balaban J connectivity index is 2.11. The molecule has 0 unspecified atom stereocenters. The number of halogens is 1. The molecule has 1 heterocycles. The van der Waals surface area contributed by atoms with Gasteiger partial charge in [0.15, 0.2) is 0 Å². The minimum Gasteiger partial charge on any atom is -0.335 e. The Morgan fingerprint density at radius 3 is 2.94 bits per heavy atom. The van der Waals surface area contributed by atoms with Crippen LogP contribution in [0.4, 0.5) is 4.39 Å². The van der Waals surface area contributed by atoms with Crippen LogP contribution < -0.4 is 5.32 Å². The van der Waals surface area contributed by atoms with Crippen molar-refractivity contribution in [2.24, 2.45) is 7.05 Å². The number of fused-ring (bicyclic) bond motifs is 1. The molecule has 0 amide bonds.